The van der Waals surface area contributed by atoms with Crippen LogP contribution in [-0.4, -0.2) is 0 Å². The first-order chi connectivity index (χ1) is 7.58. The van der Waals surface area contributed by atoms with E-state index in [9.17, 15) is 0 Å². The fourth-order valence-corrected chi connectivity index (χ4v) is 3.63. The van der Waals surface area contributed by atoms with Crippen molar-refractivity contribution in [1.29, 1.82) is 0 Å². The second-order valence-electron chi connectivity index (χ2n) is 3.86. The number of alkyl halides is 1. The first-order valence-corrected chi connectivity index (χ1v) is 7.15. The number of thiophene rings is 1. The van der Waals surface area contributed by atoms with E-state index in [0.717, 1.165) is 4.34 Å². The molecule has 2 rings (SSSR count). The number of halogens is 2. The zero-order valence-electron chi connectivity index (χ0n) is 9.13. The molecule has 0 nitrogen and oxygen atoms in total. The summed E-state index contributed by atoms with van der Waals surface area (Å²) in [4.78, 5) is 1.49. The Kier molecular flexibility index (Phi) is 3.73. The summed E-state index contributed by atoms with van der Waals surface area (Å²) in [6.07, 6.45) is 0. The Bertz CT molecular complexity index is 504. The summed E-state index contributed by atoms with van der Waals surface area (Å²) in [6, 6.07) is 10.5. The van der Waals surface area contributed by atoms with Gasteiger partial charge >= 0.3 is 0 Å². The van der Waals surface area contributed by atoms with E-state index in [4.69, 9.17) is 11.6 Å². The maximum atomic E-state index is 5.96. The number of hydrogen-bond acceptors (Lipinski definition) is 1. The Balaban J connectivity index is 2.40. The van der Waals surface area contributed by atoms with E-state index >= 15 is 0 Å². The topological polar surface area (TPSA) is 0 Å². The highest BCUT2D eigenvalue weighted by molar-refractivity contribution is 9.09. The highest BCUT2D eigenvalue weighted by Crippen LogP contribution is 2.38. The van der Waals surface area contributed by atoms with Gasteiger partial charge in [-0.1, -0.05) is 51.3 Å². The van der Waals surface area contributed by atoms with E-state index in [1.165, 1.54) is 21.6 Å². The smallest absolute Gasteiger partial charge is 0.0931 e. The molecular weight excluding hydrogens is 304 g/mol. The lowest BCUT2D eigenvalue weighted by Gasteiger charge is -2.12. The predicted octanol–water partition coefficient (Wildman–Crippen LogP) is 5.50. The molecule has 1 aromatic carbocycles. The maximum absolute atomic E-state index is 5.96. The first-order valence-electron chi connectivity index (χ1n) is 5.04. The molecule has 0 aliphatic rings. The number of hydrogen-bond donors (Lipinski definition) is 0. The van der Waals surface area contributed by atoms with E-state index < -0.39 is 0 Å². The Morgan fingerprint density at radius 1 is 1.19 bits per heavy atom. The highest BCUT2D eigenvalue weighted by atomic mass is 79.9. The predicted molar refractivity (Wildman–Crippen MR) is 76.0 cm³/mol. The molecule has 0 aliphatic heterocycles. The van der Waals surface area contributed by atoms with Crippen molar-refractivity contribution in [1.82, 2.24) is 0 Å². The summed E-state index contributed by atoms with van der Waals surface area (Å²) in [5.74, 6) is 0. The van der Waals surface area contributed by atoms with Gasteiger partial charge in [-0.15, -0.1) is 11.3 Å². The average molecular weight is 316 g/mol. The molecule has 16 heavy (non-hydrogen) atoms. The summed E-state index contributed by atoms with van der Waals surface area (Å²) in [5.41, 5.74) is 3.91. The van der Waals surface area contributed by atoms with Crippen LogP contribution in [0.4, 0.5) is 0 Å². The van der Waals surface area contributed by atoms with Crippen LogP contribution >= 0.6 is 38.9 Å². The molecule has 0 saturated heterocycles. The molecule has 0 aliphatic carbocycles. The molecule has 1 atom stereocenters. The second kappa shape index (κ2) is 4.91. The van der Waals surface area contributed by atoms with Gasteiger partial charge in [-0.25, -0.2) is 0 Å². The third kappa shape index (κ3) is 2.50. The maximum Gasteiger partial charge on any atom is 0.0931 e. The van der Waals surface area contributed by atoms with Crippen molar-refractivity contribution in [3.63, 3.8) is 0 Å². The minimum Gasteiger partial charge on any atom is -0.127 e. The normalized spacial score (nSPS) is 12.8. The second-order valence-corrected chi connectivity index (χ2v) is 6.53. The summed E-state index contributed by atoms with van der Waals surface area (Å²) in [5, 5.41) is 0. The molecule has 0 spiro atoms. The fraction of sp³-hybridized carbons (Fsp3) is 0.231. The Labute approximate surface area is 113 Å². The minimum absolute atomic E-state index is 0.241. The lowest BCUT2D eigenvalue weighted by Crippen LogP contribution is -1.94. The molecular formula is C13H12BrClS. The third-order valence-electron chi connectivity index (χ3n) is 2.55. The molecule has 84 valence electrons. The van der Waals surface area contributed by atoms with E-state index in [1.54, 1.807) is 11.3 Å². The standard InChI is InChI=1S/C13H12BrClS/c1-8-3-4-9(2)10(7-8)13(14)11-5-6-12(15)16-11/h3-7,13H,1-2H3. The van der Waals surface area contributed by atoms with E-state index in [-0.39, 0.29) is 4.83 Å². The molecule has 0 bridgehead atoms. The van der Waals surface area contributed by atoms with E-state index in [0.29, 0.717) is 0 Å². The van der Waals surface area contributed by atoms with Crippen LogP contribution in [0.2, 0.25) is 4.34 Å². The largest absolute Gasteiger partial charge is 0.127 e. The van der Waals surface area contributed by atoms with Crippen molar-refractivity contribution >= 4 is 38.9 Å². The third-order valence-corrected chi connectivity index (χ3v) is 5.14. The van der Waals surface area contributed by atoms with Crippen LogP contribution in [0, 0.1) is 13.8 Å². The first kappa shape index (κ1) is 12.2. The van der Waals surface area contributed by atoms with Gasteiger partial charge in [0.15, 0.2) is 0 Å². The average Bonchev–Trinajstić information content (AvgIpc) is 2.67. The van der Waals surface area contributed by atoms with Gasteiger partial charge in [0.25, 0.3) is 0 Å². The zero-order chi connectivity index (χ0) is 11.7. The Morgan fingerprint density at radius 3 is 2.56 bits per heavy atom. The van der Waals surface area contributed by atoms with Crippen molar-refractivity contribution in [2.45, 2.75) is 18.7 Å². The summed E-state index contributed by atoms with van der Waals surface area (Å²) < 4.78 is 0.838. The van der Waals surface area contributed by atoms with Gasteiger partial charge in [-0.05, 0) is 37.1 Å². The molecule has 0 radical (unpaired) electrons. The van der Waals surface area contributed by atoms with Gasteiger partial charge in [0.1, 0.15) is 0 Å². The lowest BCUT2D eigenvalue weighted by molar-refractivity contribution is 1.16. The highest BCUT2D eigenvalue weighted by Gasteiger charge is 2.14. The van der Waals surface area contributed by atoms with Crippen molar-refractivity contribution in [3.8, 4) is 0 Å². The molecule has 2 aromatic rings. The van der Waals surface area contributed by atoms with Crippen LogP contribution in [0.25, 0.3) is 0 Å². The molecule has 3 heteroatoms. The molecule has 0 N–H and O–H groups in total. The van der Waals surface area contributed by atoms with Crippen molar-refractivity contribution in [2.24, 2.45) is 0 Å². The van der Waals surface area contributed by atoms with E-state index in [2.05, 4.69) is 54.0 Å². The number of benzene rings is 1. The summed E-state index contributed by atoms with van der Waals surface area (Å²) >= 11 is 11.3. The van der Waals surface area contributed by atoms with E-state index in [1.807, 2.05) is 6.07 Å². The van der Waals surface area contributed by atoms with Crippen molar-refractivity contribution in [2.75, 3.05) is 0 Å². The van der Waals surface area contributed by atoms with Crippen LogP contribution < -0.4 is 0 Å². The number of rotatable bonds is 2. The van der Waals surface area contributed by atoms with Crippen LogP contribution in [0.15, 0.2) is 30.3 Å². The molecule has 1 aromatic heterocycles. The Hall–Kier alpha value is -0.310. The summed E-state index contributed by atoms with van der Waals surface area (Å²) in [6.45, 7) is 4.25. The SMILES string of the molecule is Cc1ccc(C)c(C(Br)c2ccc(Cl)s2)c1. The van der Waals surface area contributed by atoms with Gasteiger partial charge in [0.2, 0.25) is 0 Å². The molecule has 1 unspecified atom stereocenters. The van der Waals surface area contributed by atoms with Gasteiger partial charge in [-0.2, -0.15) is 0 Å². The lowest BCUT2D eigenvalue weighted by atomic mass is 10.0. The van der Waals surface area contributed by atoms with Gasteiger partial charge in [-0.3, -0.25) is 0 Å². The van der Waals surface area contributed by atoms with Crippen molar-refractivity contribution < 1.29 is 0 Å². The number of aryl methyl sites for hydroxylation is 2. The quantitative estimate of drug-likeness (QED) is 0.642. The van der Waals surface area contributed by atoms with Crippen LogP contribution in [-0.2, 0) is 0 Å². The molecule has 0 saturated carbocycles. The van der Waals surface area contributed by atoms with Crippen LogP contribution in [0.3, 0.4) is 0 Å². The molecule has 0 fully saturated rings. The van der Waals surface area contributed by atoms with Crippen LogP contribution in [0.5, 0.6) is 0 Å². The zero-order valence-corrected chi connectivity index (χ0v) is 12.3. The fourth-order valence-electron chi connectivity index (χ4n) is 1.65. The monoisotopic (exact) mass is 314 g/mol. The molecule has 0 amide bonds. The van der Waals surface area contributed by atoms with Crippen molar-refractivity contribution in [3.05, 3.63) is 56.2 Å². The summed E-state index contributed by atoms with van der Waals surface area (Å²) in [7, 11) is 0. The van der Waals surface area contributed by atoms with Gasteiger partial charge < -0.3 is 0 Å². The minimum atomic E-state index is 0.241. The Morgan fingerprint density at radius 2 is 1.94 bits per heavy atom. The molecule has 1 heterocycles. The van der Waals surface area contributed by atoms with Gasteiger partial charge in [0.05, 0.1) is 9.16 Å². The van der Waals surface area contributed by atoms with Gasteiger partial charge in [0, 0.05) is 4.88 Å². The van der Waals surface area contributed by atoms with Crippen LogP contribution in [0.1, 0.15) is 26.4 Å².